The highest BCUT2D eigenvalue weighted by molar-refractivity contribution is 5.87. The van der Waals surface area contributed by atoms with Crippen LogP contribution in [0.15, 0.2) is 36.9 Å². The number of rotatable bonds is 3. The summed E-state index contributed by atoms with van der Waals surface area (Å²) in [7, 11) is 0. The van der Waals surface area contributed by atoms with Crippen LogP contribution in [0, 0.1) is 0 Å². The molecule has 0 radical (unpaired) electrons. The molecule has 2 aromatic rings. The molecule has 2 aliphatic heterocycles. The smallest absolute Gasteiger partial charge is 0.246 e. The van der Waals surface area contributed by atoms with E-state index in [2.05, 4.69) is 36.2 Å². The molecule has 0 unspecified atom stereocenters. The van der Waals surface area contributed by atoms with E-state index in [9.17, 15) is 4.79 Å². The Morgan fingerprint density at radius 3 is 2.82 bits per heavy atom. The minimum absolute atomic E-state index is 0.0333. The van der Waals surface area contributed by atoms with Crippen LogP contribution in [0.2, 0.25) is 0 Å². The molecule has 0 bridgehead atoms. The van der Waals surface area contributed by atoms with Crippen LogP contribution in [-0.4, -0.2) is 46.8 Å². The monoisotopic (exact) mass is 378 g/mol. The molecule has 5 rings (SSSR count). The van der Waals surface area contributed by atoms with Crippen LogP contribution in [0.4, 0.5) is 0 Å². The Bertz CT molecular complexity index is 898. The predicted octanol–water partition coefficient (Wildman–Crippen LogP) is 2.73. The van der Waals surface area contributed by atoms with Gasteiger partial charge in [-0.2, -0.15) is 0 Å². The number of benzene rings is 1. The van der Waals surface area contributed by atoms with E-state index in [0.717, 1.165) is 30.1 Å². The first-order valence-corrected chi connectivity index (χ1v) is 10.2. The molecule has 1 amide bonds. The zero-order valence-electron chi connectivity index (χ0n) is 16.1. The third-order valence-corrected chi connectivity index (χ3v) is 6.29. The van der Waals surface area contributed by atoms with Crippen LogP contribution >= 0.6 is 0 Å². The first kappa shape index (κ1) is 17.5. The van der Waals surface area contributed by atoms with E-state index in [0.29, 0.717) is 25.6 Å². The lowest BCUT2D eigenvalue weighted by atomic mass is 9.80. The number of nitrogens with zero attached hydrogens (tertiary/aromatic N) is 3. The van der Waals surface area contributed by atoms with Gasteiger partial charge in [0.25, 0.3) is 0 Å². The summed E-state index contributed by atoms with van der Waals surface area (Å²) in [5.41, 5.74) is 4.79. The fourth-order valence-electron chi connectivity index (χ4n) is 4.50. The van der Waals surface area contributed by atoms with E-state index in [-0.39, 0.29) is 11.9 Å². The molecule has 146 valence electrons. The van der Waals surface area contributed by atoms with Crippen molar-refractivity contribution >= 4 is 5.91 Å². The molecule has 1 aromatic carbocycles. The fourth-order valence-corrected chi connectivity index (χ4v) is 4.50. The molecule has 1 fully saturated rings. The average molecular weight is 378 g/mol. The van der Waals surface area contributed by atoms with Gasteiger partial charge in [0, 0.05) is 19.5 Å². The predicted molar refractivity (Wildman–Crippen MR) is 107 cm³/mol. The lowest BCUT2D eigenvalue weighted by Crippen LogP contribution is -2.44. The summed E-state index contributed by atoms with van der Waals surface area (Å²) in [6.07, 6.45) is 6.23. The van der Waals surface area contributed by atoms with Crippen molar-refractivity contribution in [2.24, 2.45) is 0 Å². The molecule has 6 nitrogen and oxygen atoms in total. The van der Waals surface area contributed by atoms with Crippen LogP contribution in [0.5, 0.6) is 5.88 Å². The van der Waals surface area contributed by atoms with E-state index in [1.54, 1.807) is 4.90 Å². The molecule has 1 saturated carbocycles. The Labute approximate surface area is 165 Å². The van der Waals surface area contributed by atoms with Gasteiger partial charge in [-0.25, -0.2) is 4.68 Å². The van der Waals surface area contributed by atoms with Crippen LogP contribution < -0.4 is 10.1 Å². The van der Waals surface area contributed by atoms with Gasteiger partial charge in [0.2, 0.25) is 11.8 Å². The molecule has 1 N–H and O–H groups in total. The van der Waals surface area contributed by atoms with Crippen molar-refractivity contribution < 1.29 is 9.53 Å². The van der Waals surface area contributed by atoms with Gasteiger partial charge in [-0.15, -0.1) is 5.10 Å². The summed E-state index contributed by atoms with van der Waals surface area (Å²) in [5.74, 6) is 1.37. The molecule has 0 spiro atoms. The summed E-state index contributed by atoms with van der Waals surface area (Å²) in [6.45, 7) is 6.08. The van der Waals surface area contributed by atoms with Crippen LogP contribution in [0.1, 0.15) is 48.0 Å². The summed E-state index contributed by atoms with van der Waals surface area (Å²) in [4.78, 5) is 14.0. The number of aromatic nitrogens is 2. The van der Waals surface area contributed by atoms with Crippen molar-refractivity contribution in [1.29, 1.82) is 0 Å². The average Bonchev–Trinajstić information content (AvgIpc) is 3.03. The number of carbonyl (C=O) groups excluding carboxylic acids is 1. The molecule has 0 saturated heterocycles. The topological polar surface area (TPSA) is 59.4 Å². The van der Waals surface area contributed by atoms with Crippen molar-refractivity contribution in [3.63, 3.8) is 0 Å². The van der Waals surface area contributed by atoms with Gasteiger partial charge < -0.3 is 15.0 Å². The van der Waals surface area contributed by atoms with E-state index in [1.807, 2.05) is 4.68 Å². The number of nitrogens with one attached hydrogen (secondary N) is 1. The SMILES string of the molecule is C=CC(=O)N1CCOc2nn(-c3ccc(C4CCC4)cc3)c3c2[C@H](C1)NCC3. The Morgan fingerprint density at radius 2 is 2.11 bits per heavy atom. The van der Waals surface area contributed by atoms with E-state index >= 15 is 0 Å². The second-order valence-corrected chi connectivity index (χ2v) is 7.89. The van der Waals surface area contributed by atoms with Crippen molar-refractivity contribution in [2.45, 2.75) is 37.6 Å². The number of ether oxygens (including phenoxy) is 1. The first-order valence-electron chi connectivity index (χ1n) is 10.2. The largest absolute Gasteiger partial charge is 0.474 e. The Balaban J connectivity index is 1.49. The zero-order valence-corrected chi connectivity index (χ0v) is 16.1. The summed E-state index contributed by atoms with van der Waals surface area (Å²) < 4.78 is 8.03. The minimum Gasteiger partial charge on any atom is -0.474 e. The maximum atomic E-state index is 12.2. The molecule has 3 aliphatic rings. The third-order valence-electron chi connectivity index (χ3n) is 6.29. The Kier molecular flexibility index (Phi) is 4.43. The summed E-state index contributed by atoms with van der Waals surface area (Å²) in [6, 6.07) is 8.87. The van der Waals surface area contributed by atoms with Gasteiger partial charge in [-0.3, -0.25) is 4.79 Å². The summed E-state index contributed by atoms with van der Waals surface area (Å²) in [5, 5.41) is 8.35. The van der Waals surface area contributed by atoms with Gasteiger partial charge in [-0.1, -0.05) is 25.1 Å². The van der Waals surface area contributed by atoms with Crippen molar-refractivity contribution in [3.05, 3.63) is 53.7 Å². The van der Waals surface area contributed by atoms with Gasteiger partial charge in [0.1, 0.15) is 6.61 Å². The maximum Gasteiger partial charge on any atom is 0.246 e. The molecule has 28 heavy (non-hydrogen) atoms. The van der Waals surface area contributed by atoms with Gasteiger partial charge >= 0.3 is 0 Å². The molecule has 3 heterocycles. The van der Waals surface area contributed by atoms with E-state index in [1.165, 1.54) is 36.6 Å². The maximum absolute atomic E-state index is 12.2. The normalized spacial score (nSPS) is 21.7. The minimum atomic E-state index is -0.0556. The highest BCUT2D eigenvalue weighted by atomic mass is 16.5. The van der Waals surface area contributed by atoms with Gasteiger partial charge in [0.15, 0.2) is 0 Å². The zero-order chi connectivity index (χ0) is 19.1. The van der Waals surface area contributed by atoms with Crippen molar-refractivity contribution in [3.8, 4) is 11.6 Å². The van der Waals surface area contributed by atoms with Crippen LogP contribution in [-0.2, 0) is 11.2 Å². The van der Waals surface area contributed by atoms with Crippen molar-refractivity contribution in [2.75, 3.05) is 26.2 Å². The summed E-state index contributed by atoms with van der Waals surface area (Å²) >= 11 is 0. The lowest BCUT2D eigenvalue weighted by Gasteiger charge is -2.32. The second-order valence-electron chi connectivity index (χ2n) is 7.89. The third kappa shape index (κ3) is 2.92. The highest BCUT2D eigenvalue weighted by Gasteiger charge is 2.33. The number of hydrogen-bond donors (Lipinski definition) is 1. The first-order chi connectivity index (χ1) is 13.7. The highest BCUT2D eigenvalue weighted by Crippen LogP contribution is 2.38. The van der Waals surface area contributed by atoms with Crippen LogP contribution in [0.25, 0.3) is 5.69 Å². The van der Waals surface area contributed by atoms with Gasteiger partial charge in [0.05, 0.1) is 29.5 Å². The molecular weight excluding hydrogens is 352 g/mol. The fraction of sp³-hybridized carbons (Fsp3) is 0.455. The standard InChI is InChI=1S/C22H26N4O2/c1-2-20(27)25-12-13-28-22-21-18(14-25)23-11-10-19(21)26(24-22)17-8-6-16(7-9-17)15-4-3-5-15/h2,6-9,15,18,23H,1,3-5,10-14H2/t18-/m0/s1. The van der Waals surface area contributed by atoms with E-state index < -0.39 is 0 Å². The second kappa shape index (κ2) is 7.09. The number of hydrogen-bond acceptors (Lipinski definition) is 4. The molecule has 1 aliphatic carbocycles. The molecule has 1 aromatic heterocycles. The molecular formula is C22H26N4O2. The Morgan fingerprint density at radius 1 is 1.29 bits per heavy atom. The Hall–Kier alpha value is -2.60. The van der Waals surface area contributed by atoms with Crippen LogP contribution in [0.3, 0.4) is 0 Å². The molecule has 1 atom stereocenters. The number of carbonyl (C=O) groups is 1. The lowest BCUT2D eigenvalue weighted by molar-refractivity contribution is -0.127. The van der Waals surface area contributed by atoms with E-state index in [4.69, 9.17) is 9.84 Å². The van der Waals surface area contributed by atoms with Crippen molar-refractivity contribution in [1.82, 2.24) is 20.0 Å². The van der Waals surface area contributed by atoms with Gasteiger partial charge in [-0.05, 0) is 42.5 Å². The molecule has 6 heteroatoms. The quantitative estimate of drug-likeness (QED) is 0.835. The number of amides is 1.